The predicted molar refractivity (Wildman–Crippen MR) is 82.6 cm³/mol. The summed E-state index contributed by atoms with van der Waals surface area (Å²) in [5.41, 5.74) is -0.630. The maximum absolute atomic E-state index is 14.4. The van der Waals surface area contributed by atoms with Crippen LogP contribution in [0.5, 0.6) is 0 Å². The smallest absolute Gasteiger partial charge is 0.341 e. The fourth-order valence-electron chi connectivity index (χ4n) is 3.17. The number of rotatable bonds is 3. The first-order valence-corrected chi connectivity index (χ1v) is 7.80. The quantitative estimate of drug-likeness (QED) is 0.939. The zero-order valence-corrected chi connectivity index (χ0v) is 12.5. The maximum atomic E-state index is 14.4. The number of pyridine rings is 2. The largest absolute Gasteiger partial charge is 0.477 e. The molecule has 6 nitrogen and oxygen atoms in total. The van der Waals surface area contributed by atoms with Crippen molar-refractivity contribution < 1.29 is 14.3 Å². The zero-order valence-electron chi connectivity index (χ0n) is 12.5. The second-order valence-electron chi connectivity index (χ2n) is 6.17. The second-order valence-corrected chi connectivity index (χ2v) is 6.17. The molecule has 7 heteroatoms. The van der Waals surface area contributed by atoms with E-state index in [1.54, 1.807) is 4.57 Å². The first-order chi connectivity index (χ1) is 11.1. The molecule has 0 radical (unpaired) electrons. The normalized spacial score (nSPS) is 17.9. The van der Waals surface area contributed by atoms with Gasteiger partial charge in [-0.3, -0.25) is 4.79 Å². The van der Waals surface area contributed by atoms with Crippen molar-refractivity contribution in [3.63, 3.8) is 0 Å². The molecule has 2 aromatic rings. The molecular formula is C16H16FN3O3. The van der Waals surface area contributed by atoms with E-state index in [1.165, 1.54) is 6.20 Å². The number of nitrogens with zero attached hydrogens (tertiary/aromatic N) is 3. The Balaban J connectivity index is 2.00. The predicted octanol–water partition coefficient (Wildman–Crippen LogP) is 2.17. The van der Waals surface area contributed by atoms with E-state index in [1.807, 2.05) is 4.90 Å². The second kappa shape index (κ2) is 5.04. The number of carboxylic acids is 1. The van der Waals surface area contributed by atoms with E-state index in [2.05, 4.69) is 4.98 Å². The van der Waals surface area contributed by atoms with Crippen LogP contribution in [0.15, 0.2) is 17.1 Å². The van der Waals surface area contributed by atoms with Crippen LogP contribution in [0.2, 0.25) is 0 Å². The van der Waals surface area contributed by atoms with Gasteiger partial charge in [-0.15, -0.1) is 0 Å². The van der Waals surface area contributed by atoms with Crippen molar-refractivity contribution in [1.82, 2.24) is 9.55 Å². The minimum Gasteiger partial charge on any atom is -0.477 e. The highest BCUT2D eigenvalue weighted by Crippen LogP contribution is 2.37. The summed E-state index contributed by atoms with van der Waals surface area (Å²) in [6.45, 7) is 1.49. The Hall–Kier alpha value is -2.44. The summed E-state index contributed by atoms with van der Waals surface area (Å²) in [5, 5.41) is 9.25. The zero-order chi connectivity index (χ0) is 16.1. The molecule has 0 aromatic carbocycles. The van der Waals surface area contributed by atoms with E-state index in [9.17, 15) is 19.1 Å². The molecule has 1 saturated heterocycles. The van der Waals surface area contributed by atoms with Crippen LogP contribution in [0, 0.1) is 5.82 Å². The van der Waals surface area contributed by atoms with Crippen molar-refractivity contribution in [3.05, 3.63) is 33.9 Å². The van der Waals surface area contributed by atoms with Gasteiger partial charge in [0.2, 0.25) is 5.43 Å². The van der Waals surface area contributed by atoms with Gasteiger partial charge < -0.3 is 14.6 Å². The average molecular weight is 317 g/mol. The van der Waals surface area contributed by atoms with Gasteiger partial charge in [-0.25, -0.2) is 14.2 Å². The van der Waals surface area contributed by atoms with Gasteiger partial charge in [-0.05, 0) is 31.7 Å². The summed E-state index contributed by atoms with van der Waals surface area (Å²) in [6.07, 6.45) is 5.16. The number of aromatic carboxylic acids is 1. The van der Waals surface area contributed by atoms with Crippen LogP contribution in [0.1, 0.15) is 42.1 Å². The third-order valence-corrected chi connectivity index (χ3v) is 4.52. The van der Waals surface area contributed by atoms with Gasteiger partial charge in [0.15, 0.2) is 11.6 Å². The minimum absolute atomic E-state index is 0.0391. The number of hydrogen-bond donors (Lipinski definition) is 1. The molecule has 1 aliphatic carbocycles. The van der Waals surface area contributed by atoms with Crippen molar-refractivity contribution in [2.24, 2.45) is 0 Å². The number of anilines is 1. The number of aromatic nitrogens is 2. The summed E-state index contributed by atoms with van der Waals surface area (Å²) < 4.78 is 16.2. The van der Waals surface area contributed by atoms with Crippen LogP contribution in [0.3, 0.4) is 0 Å². The van der Waals surface area contributed by atoms with E-state index >= 15 is 0 Å². The van der Waals surface area contributed by atoms with Gasteiger partial charge in [-0.2, -0.15) is 0 Å². The number of carbonyl (C=O) groups is 1. The molecule has 2 aliphatic rings. The summed E-state index contributed by atoms with van der Waals surface area (Å²) in [6, 6.07) is 1.28. The molecule has 120 valence electrons. The van der Waals surface area contributed by atoms with Gasteiger partial charge in [0, 0.05) is 25.3 Å². The Morgan fingerprint density at radius 3 is 2.61 bits per heavy atom. The summed E-state index contributed by atoms with van der Waals surface area (Å²) in [5.74, 6) is -1.61. The molecule has 3 heterocycles. The van der Waals surface area contributed by atoms with Crippen LogP contribution in [-0.4, -0.2) is 33.7 Å². The van der Waals surface area contributed by atoms with E-state index in [4.69, 9.17) is 0 Å². The summed E-state index contributed by atoms with van der Waals surface area (Å²) in [7, 11) is 0. The van der Waals surface area contributed by atoms with Crippen molar-refractivity contribution in [1.29, 1.82) is 0 Å². The highest BCUT2D eigenvalue weighted by atomic mass is 19.1. The Labute approximate surface area is 131 Å². The topological polar surface area (TPSA) is 75.4 Å². The summed E-state index contributed by atoms with van der Waals surface area (Å²) >= 11 is 0. The molecule has 0 spiro atoms. The van der Waals surface area contributed by atoms with E-state index in [0.29, 0.717) is 5.65 Å². The van der Waals surface area contributed by atoms with Crippen molar-refractivity contribution in [3.8, 4) is 0 Å². The Morgan fingerprint density at radius 2 is 2.00 bits per heavy atom. The van der Waals surface area contributed by atoms with E-state index in [0.717, 1.165) is 44.8 Å². The lowest BCUT2D eigenvalue weighted by Gasteiger charge is -2.19. The SMILES string of the molecule is O=C(O)c1cn(C2CC2)c2nc(N3CCCC3)c(F)cc2c1=O. The molecule has 23 heavy (non-hydrogen) atoms. The number of carboxylic acid groups (broad SMARTS) is 1. The van der Waals surface area contributed by atoms with Crippen LogP contribution >= 0.6 is 0 Å². The molecule has 1 saturated carbocycles. The first-order valence-electron chi connectivity index (χ1n) is 7.80. The number of halogens is 1. The molecular weight excluding hydrogens is 301 g/mol. The van der Waals surface area contributed by atoms with Crippen LogP contribution in [-0.2, 0) is 0 Å². The first kappa shape index (κ1) is 14.2. The molecule has 4 rings (SSSR count). The number of hydrogen-bond acceptors (Lipinski definition) is 4. The molecule has 1 aliphatic heterocycles. The molecule has 1 N–H and O–H groups in total. The van der Waals surface area contributed by atoms with Gasteiger partial charge in [-0.1, -0.05) is 0 Å². The maximum Gasteiger partial charge on any atom is 0.341 e. The van der Waals surface area contributed by atoms with E-state index < -0.39 is 17.2 Å². The highest BCUT2D eigenvalue weighted by Gasteiger charge is 2.29. The Kier molecular flexibility index (Phi) is 3.11. The van der Waals surface area contributed by atoms with Gasteiger partial charge in [0.05, 0.1) is 5.39 Å². The number of fused-ring (bicyclic) bond motifs is 1. The van der Waals surface area contributed by atoms with Gasteiger partial charge in [0.1, 0.15) is 11.2 Å². The molecule has 0 amide bonds. The fraction of sp³-hybridized carbons (Fsp3) is 0.438. The minimum atomic E-state index is -1.30. The standard InChI is InChI=1S/C16H16FN3O3/c17-12-7-10-13(21)11(16(22)23)8-20(9-3-4-9)14(10)18-15(12)19-5-1-2-6-19/h7-9H,1-6H2,(H,22,23). The van der Waals surface area contributed by atoms with Crippen molar-refractivity contribution in [2.45, 2.75) is 31.7 Å². The molecule has 0 unspecified atom stereocenters. The Morgan fingerprint density at radius 1 is 1.30 bits per heavy atom. The molecule has 0 bridgehead atoms. The van der Waals surface area contributed by atoms with Crippen molar-refractivity contribution >= 4 is 22.8 Å². The molecule has 2 fully saturated rings. The lowest BCUT2D eigenvalue weighted by atomic mass is 10.2. The van der Waals surface area contributed by atoms with Crippen LogP contribution in [0.4, 0.5) is 10.2 Å². The highest BCUT2D eigenvalue weighted by molar-refractivity contribution is 5.92. The lowest BCUT2D eigenvalue weighted by molar-refractivity contribution is 0.0695. The van der Waals surface area contributed by atoms with E-state index in [-0.39, 0.29) is 22.8 Å². The molecule has 0 atom stereocenters. The van der Waals surface area contributed by atoms with Crippen LogP contribution in [0.25, 0.3) is 11.0 Å². The average Bonchev–Trinajstić information content (AvgIpc) is 3.21. The monoisotopic (exact) mass is 317 g/mol. The summed E-state index contributed by atoms with van der Waals surface area (Å²) in [4.78, 5) is 29.9. The lowest BCUT2D eigenvalue weighted by Crippen LogP contribution is -2.23. The third kappa shape index (κ3) is 2.27. The van der Waals surface area contributed by atoms with Crippen LogP contribution < -0.4 is 10.3 Å². The Bertz CT molecular complexity index is 867. The molecule has 2 aromatic heterocycles. The van der Waals surface area contributed by atoms with Crippen molar-refractivity contribution in [2.75, 3.05) is 18.0 Å². The van der Waals surface area contributed by atoms with Gasteiger partial charge >= 0.3 is 5.97 Å². The third-order valence-electron chi connectivity index (χ3n) is 4.52. The fourth-order valence-corrected chi connectivity index (χ4v) is 3.17. The van der Waals surface area contributed by atoms with Gasteiger partial charge in [0.25, 0.3) is 0 Å².